The summed E-state index contributed by atoms with van der Waals surface area (Å²) >= 11 is 0. The Labute approximate surface area is 168 Å². The Balaban J connectivity index is 1.67. The zero-order valence-corrected chi connectivity index (χ0v) is 17.9. The number of hydrogen-bond donors (Lipinski definition) is 3. The van der Waals surface area contributed by atoms with E-state index in [-0.39, 0.29) is 17.4 Å². The van der Waals surface area contributed by atoms with Crippen molar-refractivity contribution in [3.8, 4) is 0 Å². The molecule has 2 unspecified atom stereocenters. The number of ether oxygens (including phenoxy) is 1. The lowest BCUT2D eigenvalue weighted by atomic mass is 9.78. The van der Waals surface area contributed by atoms with E-state index in [9.17, 15) is 4.79 Å². The van der Waals surface area contributed by atoms with Gasteiger partial charge < -0.3 is 25.1 Å². The van der Waals surface area contributed by atoms with Crippen molar-refractivity contribution in [1.82, 2.24) is 16.0 Å². The van der Waals surface area contributed by atoms with Crippen LogP contribution in [0.4, 0.5) is 0 Å². The van der Waals surface area contributed by atoms with Gasteiger partial charge in [-0.05, 0) is 37.7 Å². The summed E-state index contributed by atoms with van der Waals surface area (Å²) in [6.45, 7) is 11.6. The van der Waals surface area contributed by atoms with Crippen LogP contribution in [0.2, 0.25) is 0 Å². The molecule has 0 radical (unpaired) electrons. The number of carbonyl (C=O) groups is 1. The van der Waals surface area contributed by atoms with E-state index in [1.807, 2.05) is 6.92 Å². The molecule has 158 valence electrons. The van der Waals surface area contributed by atoms with Crippen LogP contribution in [0.1, 0.15) is 56.2 Å². The van der Waals surface area contributed by atoms with Gasteiger partial charge >= 0.3 is 0 Å². The molecule has 2 rings (SSSR count). The monoisotopic (exact) mass is 392 g/mol. The number of aryl methyl sites for hydroxylation is 1. The molecule has 1 aliphatic rings. The van der Waals surface area contributed by atoms with Crippen LogP contribution in [-0.4, -0.2) is 51.3 Å². The first-order valence-electron chi connectivity index (χ1n) is 10.2. The number of guanidine groups is 1. The summed E-state index contributed by atoms with van der Waals surface area (Å²) in [6.07, 6.45) is 4.86. The van der Waals surface area contributed by atoms with Crippen LogP contribution in [0.15, 0.2) is 21.7 Å². The predicted octanol–water partition coefficient (Wildman–Crippen LogP) is 2.71. The van der Waals surface area contributed by atoms with Crippen LogP contribution in [-0.2, 0) is 4.74 Å². The van der Waals surface area contributed by atoms with E-state index < -0.39 is 0 Å². The van der Waals surface area contributed by atoms with Crippen molar-refractivity contribution in [2.75, 3.05) is 33.3 Å². The lowest BCUT2D eigenvalue weighted by Crippen LogP contribution is -2.47. The van der Waals surface area contributed by atoms with Gasteiger partial charge in [0, 0.05) is 44.8 Å². The number of nitrogens with zero attached hydrogens (tertiary/aromatic N) is 1. The zero-order valence-electron chi connectivity index (χ0n) is 17.9. The lowest BCUT2D eigenvalue weighted by molar-refractivity contribution is -0.0835. The minimum absolute atomic E-state index is 0.133. The predicted molar refractivity (Wildman–Crippen MR) is 112 cm³/mol. The van der Waals surface area contributed by atoms with Crippen LogP contribution in [0.25, 0.3) is 0 Å². The van der Waals surface area contributed by atoms with Gasteiger partial charge in [0.25, 0.3) is 5.91 Å². The number of hydrogen-bond acceptors (Lipinski definition) is 4. The molecule has 1 amide bonds. The number of aliphatic imine (C=N–C) groups is 1. The molecular weight excluding hydrogens is 356 g/mol. The molecule has 0 saturated carbocycles. The third-order valence-corrected chi connectivity index (χ3v) is 5.05. The molecule has 0 aliphatic carbocycles. The maximum atomic E-state index is 12.0. The van der Waals surface area contributed by atoms with Gasteiger partial charge in [0.15, 0.2) is 11.7 Å². The summed E-state index contributed by atoms with van der Waals surface area (Å²) in [6, 6.07) is 1.79. The van der Waals surface area contributed by atoms with E-state index in [2.05, 4.69) is 41.7 Å². The molecular formula is C21H36N4O3. The molecule has 1 aromatic heterocycles. The number of amides is 1. The van der Waals surface area contributed by atoms with Crippen molar-refractivity contribution in [2.24, 2.45) is 16.3 Å². The van der Waals surface area contributed by atoms with Crippen molar-refractivity contribution in [3.05, 3.63) is 23.7 Å². The van der Waals surface area contributed by atoms with E-state index >= 15 is 0 Å². The highest BCUT2D eigenvalue weighted by molar-refractivity contribution is 5.92. The number of furan rings is 1. The fraction of sp³-hybridized carbons (Fsp3) is 0.714. The van der Waals surface area contributed by atoms with Gasteiger partial charge in [-0.25, -0.2) is 0 Å². The second kappa shape index (κ2) is 10.5. The normalized spacial score (nSPS) is 20.7. The first-order chi connectivity index (χ1) is 13.3. The van der Waals surface area contributed by atoms with E-state index in [0.29, 0.717) is 18.2 Å². The van der Waals surface area contributed by atoms with Gasteiger partial charge in [-0.3, -0.25) is 9.79 Å². The molecule has 1 aliphatic heterocycles. The van der Waals surface area contributed by atoms with Crippen molar-refractivity contribution in [2.45, 2.75) is 53.1 Å². The standard InChI is InChI=1S/C21H36N4O3/c1-15-9-13-27-17(15)19(26)23-10-7-11-24-20(22-5)25-14-16-8-6-12-28-18(16)21(2,3)4/h9,13,16,18H,6-8,10-12,14H2,1-5H3,(H,23,26)(H2,22,24,25). The summed E-state index contributed by atoms with van der Waals surface area (Å²) in [5.41, 5.74) is 0.981. The summed E-state index contributed by atoms with van der Waals surface area (Å²) in [4.78, 5) is 16.3. The molecule has 7 nitrogen and oxygen atoms in total. The molecule has 1 saturated heterocycles. The Morgan fingerprint density at radius 2 is 2.00 bits per heavy atom. The second-order valence-corrected chi connectivity index (χ2v) is 8.48. The van der Waals surface area contributed by atoms with E-state index in [1.54, 1.807) is 13.1 Å². The van der Waals surface area contributed by atoms with Gasteiger partial charge in [-0.15, -0.1) is 0 Å². The first-order valence-corrected chi connectivity index (χ1v) is 10.2. The average Bonchev–Trinajstić information content (AvgIpc) is 3.09. The maximum Gasteiger partial charge on any atom is 0.287 e. The highest BCUT2D eigenvalue weighted by Crippen LogP contribution is 2.33. The van der Waals surface area contributed by atoms with Gasteiger partial charge in [0.05, 0.1) is 12.4 Å². The van der Waals surface area contributed by atoms with E-state index in [0.717, 1.165) is 44.1 Å². The van der Waals surface area contributed by atoms with Gasteiger partial charge in [-0.1, -0.05) is 20.8 Å². The summed E-state index contributed by atoms with van der Waals surface area (Å²) in [5.74, 6) is 1.47. The Kier molecular flexibility index (Phi) is 8.35. The van der Waals surface area contributed by atoms with Crippen LogP contribution in [0, 0.1) is 18.3 Å². The molecule has 1 aromatic rings. The van der Waals surface area contributed by atoms with Crippen LogP contribution < -0.4 is 16.0 Å². The molecule has 2 heterocycles. The molecule has 0 bridgehead atoms. The number of nitrogens with one attached hydrogen (secondary N) is 3. The average molecular weight is 393 g/mol. The minimum atomic E-state index is -0.171. The van der Waals surface area contributed by atoms with Gasteiger partial charge in [0.2, 0.25) is 0 Å². The zero-order chi connectivity index (χ0) is 20.6. The second-order valence-electron chi connectivity index (χ2n) is 8.48. The van der Waals surface area contributed by atoms with Gasteiger partial charge in [-0.2, -0.15) is 0 Å². The van der Waals surface area contributed by atoms with Crippen LogP contribution in [0.5, 0.6) is 0 Å². The van der Waals surface area contributed by atoms with Crippen molar-refractivity contribution < 1.29 is 13.9 Å². The highest BCUT2D eigenvalue weighted by atomic mass is 16.5. The molecule has 1 fully saturated rings. The van der Waals surface area contributed by atoms with Crippen molar-refractivity contribution in [3.63, 3.8) is 0 Å². The first kappa shape index (κ1) is 22.3. The molecule has 0 aromatic carbocycles. The van der Waals surface area contributed by atoms with Crippen molar-refractivity contribution >= 4 is 11.9 Å². The Morgan fingerprint density at radius 3 is 2.64 bits per heavy atom. The topological polar surface area (TPSA) is 87.9 Å². The maximum absolute atomic E-state index is 12.0. The molecule has 3 N–H and O–H groups in total. The molecule has 28 heavy (non-hydrogen) atoms. The fourth-order valence-electron chi connectivity index (χ4n) is 3.64. The summed E-state index contributed by atoms with van der Waals surface area (Å²) in [7, 11) is 1.77. The summed E-state index contributed by atoms with van der Waals surface area (Å²) in [5, 5.41) is 9.61. The van der Waals surface area contributed by atoms with E-state index in [1.165, 1.54) is 12.7 Å². The SMILES string of the molecule is CN=C(NCCCNC(=O)c1occc1C)NCC1CCCOC1C(C)(C)C. The number of carbonyl (C=O) groups excluding carboxylic acids is 1. The van der Waals surface area contributed by atoms with E-state index in [4.69, 9.17) is 9.15 Å². The molecule has 7 heteroatoms. The Hall–Kier alpha value is -2.02. The minimum Gasteiger partial charge on any atom is -0.459 e. The summed E-state index contributed by atoms with van der Waals surface area (Å²) < 4.78 is 11.2. The quantitative estimate of drug-likeness (QED) is 0.377. The largest absolute Gasteiger partial charge is 0.459 e. The molecule has 0 spiro atoms. The fourth-order valence-corrected chi connectivity index (χ4v) is 3.64. The highest BCUT2D eigenvalue weighted by Gasteiger charge is 2.35. The van der Waals surface area contributed by atoms with Crippen LogP contribution >= 0.6 is 0 Å². The smallest absolute Gasteiger partial charge is 0.287 e. The third-order valence-electron chi connectivity index (χ3n) is 5.05. The molecule has 2 atom stereocenters. The van der Waals surface area contributed by atoms with Crippen LogP contribution in [0.3, 0.4) is 0 Å². The third kappa shape index (κ3) is 6.55. The number of rotatable bonds is 7. The Morgan fingerprint density at radius 1 is 1.25 bits per heavy atom. The van der Waals surface area contributed by atoms with Crippen molar-refractivity contribution in [1.29, 1.82) is 0 Å². The van der Waals surface area contributed by atoms with Gasteiger partial charge in [0.1, 0.15) is 0 Å². The Bertz CT molecular complexity index is 648. The lowest BCUT2D eigenvalue weighted by Gasteiger charge is -2.40.